The molecular formula is C22H28N4O3. The van der Waals surface area contributed by atoms with E-state index >= 15 is 0 Å². The van der Waals surface area contributed by atoms with Gasteiger partial charge in [0, 0.05) is 18.7 Å². The van der Waals surface area contributed by atoms with Gasteiger partial charge in [-0.3, -0.25) is 14.5 Å². The summed E-state index contributed by atoms with van der Waals surface area (Å²) in [6.07, 6.45) is 6.01. The summed E-state index contributed by atoms with van der Waals surface area (Å²) >= 11 is 0. The van der Waals surface area contributed by atoms with Crippen molar-refractivity contribution in [1.29, 1.82) is 5.26 Å². The smallest absolute Gasteiger partial charge is 0.266 e. The number of carbonyl (C=O) groups excluding carboxylic acids is 1. The number of furan rings is 1. The Morgan fingerprint density at radius 1 is 1.34 bits per heavy atom. The lowest BCUT2D eigenvalue weighted by Crippen LogP contribution is -2.40. The molecule has 2 N–H and O–H groups in total. The summed E-state index contributed by atoms with van der Waals surface area (Å²) in [5.74, 6) is 0.820. The van der Waals surface area contributed by atoms with E-state index in [2.05, 4.69) is 15.2 Å². The highest BCUT2D eigenvalue weighted by Gasteiger charge is 2.25. The number of aromatic nitrogens is 1. The number of piperidine rings is 1. The van der Waals surface area contributed by atoms with Gasteiger partial charge in [-0.2, -0.15) is 5.26 Å². The van der Waals surface area contributed by atoms with E-state index in [0.29, 0.717) is 30.6 Å². The van der Waals surface area contributed by atoms with Crippen molar-refractivity contribution in [2.75, 3.05) is 19.6 Å². The number of hydrogen-bond donors (Lipinski definition) is 2. The molecule has 7 nitrogen and oxygen atoms in total. The maximum Gasteiger partial charge on any atom is 0.266 e. The molecule has 3 heterocycles. The van der Waals surface area contributed by atoms with Gasteiger partial charge in [-0.05, 0) is 69.5 Å². The summed E-state index contributed by atoms with van der Waals surface area (Å²) in [7, 11) is 0. The second kappa shape index (κ2) is 9.57. The number of likely N-dealkylation sites (tertiary alicyclic amines) is 1. The summed E-state index contributed by atoms with van der Waals surface area (Å²) in [5, 5.41) is 12.2. The molecule has 1 aliphatic rings. The fraction of sp³-hybridized carbons (Fsp3) is 0.500. The van der Waals surface area contributed by atoms with Crippen molar-refractivity contribution in [2.24, 2.45) is 0 Å². The molecule has 0 aliphatic carbocycles. The summed E-state index contributed by atoms with van der Waals surface area (Å²) in [6.45, 7) is 6.07. The van der Waals surface area contributed by atoms with Crippen LogP contribution in [0, 0.1) is 25.2 Å². The molecule has 0 bridgehead atoms. The van der Waals surface area contributed by atoms with Gasteiger partial charge in [-0.25, -0.2) is 0 Å². The Kier molecular flexibility index (Phi) is 6.89. The maximum absolute atomic E-state index is 12.5. The zero-order valence-corrected chi connectivity index (χ0v) is 17.1. The lowest BCUT2D eigenvalue weighted by atomic mass is 9.99. The van der Waals surface area contributed by atoms with E-state index in [4.69, 9.17) is 4.42 Å². The number of carbonyl (C=O) groups is 1. The minimum absolute atomic E-state index is 0.0380. The SMILES string of the molecule is Cc1[nH]c(=O)c(C#N)c(C)c1CCC(=O)NC[C@H](c1ccco1)N1CCCCC1. The molecule has 2 aromatic heterocycles. The zero-order valence-electron chi connectivity index (χ0n) is 17.1. The molecule has 7 heteroatoms. The number of nitrogens with zero attached hydrogens (tertiary/aromatic N) is 2. The predicted molar refractivity (Wildman–Crippen MR) is 109 cm³/mol. The lowest BCUT2D eigenvalue weighted by Gasteiger charge is -2.33. The molecule has 154 valence electrons. The zero-order chi connectivity index (χ0) is 20.8. The Hall–Kier alpha value is -2.85. The number of hydrogen-bond acceptors (Lipinski definition) is 5. The second-order valence-corrected chi connectivity index (χ2v) is 7.60. The average molecular weight is 396 g/mol. The molecule has 1 atom stereocenters. The maximum atomic E-state index is 12.5. The van der Waals surface area contributed by atoms with Crippen LogP contribution in [0.5, 0.6) is 0 Å². The van der Waals surface area contributed by atoms with Crippen LogP contribution in [-0.2, 0) is 11.2 Å². The molecule has 0 unspecified atom stereocenters. The van der Waals surface area contributed by atoms with Gasteiger partial charge in [-0.1, -0.05) is 6.42 Å². The molecule has 3 rings (SSSR count). The number of H-pyrrole nitrogens is 1. The first kappa shape index (κ1) is 20.9. The molecule has 0 aromatic carbocycles. The van der Waals surface area contributed by atoms with E-state index in [0.717, 1.165) is 37.3 Å². The Morgan fingerprint density at radius 3 is 2.76 bits per heavy atom. The van der Waals surface area contributed by atoms with Crippen LogP contribution in [0.1, 0.15) is 59.9 Å². The van der Waals surface area contributed by atoms with E-state index in [1.165, 1.54) is 6.42 Å². The van der Waals surface area contributed by atoms with Crippen LogP contribution < -0.4 is 10.9 Å². The highest BCUT2D eigenvalue weighted by molar-refractivity contribution is 5.76. The Bertz CT molecular complexity index is 934. The Balaban J connectivity index is 1.62. The van der Waals surface area contributed by atoms with Gasteiger partial charge in [0.1, 0.15) is 17.4 Å². The quantitative estimate of drug-likeness (QED) is 0.749. The van der Waals surface area contributed by atoms with E-state index in [1.54, 1.807) is 20.1 Å². The fourth-order valence-electron chi connectivity index (χ4n) is 4.08. The van der Waals surface area contributed by atoms with Crippen LogP contribution in [0.25, 0.3) is 0 Å². The van der Waals surface area contributed by atoms with Crippen LogP contribution >= 0.6 is 0 Å². The van der Waals surface area contributed by atoms with Crippen LogP contribution in [0.15, 0.2) is 27.6 Å². The highest BCUT2D eigenvalue weighted by Crippen LogP contribution is 2.24. The first-order chi connectivity index (χ1) is 14.0. The number of aromatic amines is 1. The van der Waals surface area contributed by atoms with Crippen molar-refractivity contribution in [3.8, 4) is 6.07 Å². The van der Waals surface area contributed by atoms with E-state index < -0.39 is 0 Å². The van der Waals surface area contributed by atoms with Gasteiger partial charge in [0.05, 0.1) is 12.3 Å². The summed E-state index contributed by atoms with van der Waals surface area (Å²) in [5.41, 5.74) is 1.96. The number of nitrogens with one attached hydrogen (secondary N) is 2. The summed E-state index contributed by atoms with van der Waals surface area (Å²) in [6, 6.07) is 5.83. The van der Waals surface area contributed by atoms with Crippen molar-refractivity contribution in [2.45, 2.75) is 52.0 Å². The van der Waals surface area contributed by atoms with E-state index in [-0.39, 0.29) is 23.1 Å². The molecule has 0 spiro atoms. The third kappa shape index (κ3) is 4.96. The Morgan fingerprint density at radius 2 is 2.10 bits per heavy atom. The van der Waals surface area contributed by atoms with Crippen LogP contribution in [0.2, 0.25) is 0 Å². The molecule has 1 fully saturated rings. The standard InChI is InChI=1S/C22H28N4O3/c1-15-17(16(2)25-22(28)18(15)13-23)8-9-21(27)24-14-19(20-7-6-12-29-20)26-10-4-3-5-11-26/h6-7,12,19H,3-5,8-11,14H2,1-2H3,(H,24,27)(H,25,28)/t19-/m1/s1. The van der Waals surface area contributed by atoms with Gasteiger partial charge in [0.15, 0.2) is 0 Å². The molecular weight excluding hydrogens is 368 g/mol. The molecule has 1 saturated heterocycles. The minimum Gasteiger partial charge on any atom is -0.468 e. The third-order valence-electron chi connectivity index (χ3n) is 5.72. The van der Waals surface area contributed by atoms with Crippen molar-refractivity contribution in [3.05, 3.63) is 56.9 Å². The van der Waals surface area contributed by atoms with E-state index in [9.17, 15) is 14.9 Å². The summed E-state index contributed by atoms with van der Waals surface area (Å²) < 4.78 is 5.62. The molecule has 1 amide bonds. The first-order valence-corrected chi connectivity index (χ1v) is 10.2. The van der Waals surface area contributed by atoms with Crippen molar-refractivity contribution in [1.82, 2.24) is 15.2 Å². The predicted octanol–water partition coefficient (Wildman–Crippen LogP) is 2.73. The number of nitriles is 1. The monoisotopic (exact) mass is 396 g/mol. The van der Waals surface area contributed by atoms with E-state index in [1.807, 2.05) is 18.2 Å². The van der Waals surface area contributed by atoms with Crippen molar-refractivity contribution >= 4 is 5.91 Å². The lowest BCUT2D eigenvalue weighted by molar-refractivity contribution is -0.121. The van der Waals surface area contributed by atoms with Crippen LogP contribution in [-0.4, -0.2) is 35.4 Å². The third-order valence-corrected chi connectivity index (χ3v) is 5.72. The van der Waals surface area contributed by atoms with Gasteiger partial charge < -0.3 is 14.7 Å². The number of rotatable bonds is 7. The van der Waals surface area contributed by atoms with Gasteiger partial charge in [0.2, 0.25) is 5.91 Å². The van der Waals surface area contributed by atoms with Gasteiger partial charge in [-0.15, -0.1) is 0 Å². The minimum atomic E-state index is -0.376. The van der Waals surface area contributed by atoms with Crippen LogP contribution in [0.4, 0.5) is 0 Å². The normalized spacial score (nSPS) is 15.6. The molecule has 0 saturated carbocycles. The highest BCUT2D eigenvalue weighted by atomic mass is 16.3. The molecule has 29 heavy (non-hydrogen) atoms. The molecule has 2 aromatic rings. The number of aryl methyl sites for hydroxylation is 1. The number of amides is 1. The fourth-order valence-corrected chi connectivity index (χ4v) is 4.08. The van der Waals surface area contributed by atoms with Gasteiger partial charge >= 0.3 is 0 Å². The Labute approximate surface area is 170 Å². The molecule has 0 radical (unpaired) electrons. The van der Waals surface area contributed by atoms with Crippen LogP contribution in [0.3, 0.4) is 0 Å². The largest absolute Gasteiger partial charge is 0.468 e. The topological polar surface area (TPSA) is 102 Å². The van der Waals surface area contributed by atoms with Crippen molar-refractivity contribution < 1.29 is 9.21 Å². The van der Waals surface area contributed by atoms with Gasteiger partial charge in [0.25, 0.3) is 5.56 Å². The number of pyridine rings is 1. The summed E-state index contributed by atoms with van der Waals surface area (Å²) in [4.78, 5) is 29.5. The average Bonchev–Trinajstić information content (AvgIpc) is 3.23. The first-order valence-electron chi connectivity index (χ1n) is 10.2. The second-order valence-electron chi connectivity index (χ2n) is 7.60. The van der Waals surface area contributed by atoms with Crippen molar-refractivity contribution in [3.63, 3.8) is 0 Å². The molecule has 1 aliphatic heterocycles.